The first-order valence-electron chi connectivity index (χ1n) is 6.58. The lowest BCUT2D eigenvalue weighted by Gasteiger charge is -2.30. The minimum Gasteiger partial charge on any atom is -0.337 e. The summed E-state index contributed by atoms with van der Waals surface area (Å²) >= 11 is 0. The van der Waals surface area contributed by atoms with E-state index >= 15 is 0 Å². The highest BCUT2D eigenvalue weighted by Crippen LogP contribution is 2.15. The number of piperidine rings is 1. The zero-order chi connectivity index (χ0) is 13.1. The first-order chi connectivity index (χ1) is 8.58. The Bertz CT molecular complexity index is 414. The van der Waals surface area contributed by atoms with Crippen molar-refractivity contribution >= 4 is 5.91 Å². The predicted octanol–water partition coefficient (Wildman–Crippen LogP) is 1.77. The molecule has 1 aliphatic heterocycles. The van der Waals surface area contributed by atoms with E-state index in [2.05, 4.69) is 18.8 Å². The van der Waals surface area contributed by atoms with Gasteiger partial charge in [0.1, 0.15) is 0 Å². The van der Waals surface area contributed by atoms with Crippen LogP contribution in [0.1, 0.15) is 48.7 Å². The van der Waals surface area contributed by atoms with Crippen LogP contribution in [0.25, 0.3) is 0 Å². The van der Waals surface area contributed by atoms with Crippen molar-refractivity contribution in [2.45, 2.75) is 38.6 Å². The van der Waals surface area contributed by atoms with Gasteiger partial charge in [0, 0.05) is 31.0 Å². The van der Waals surface area contributed by atoms with E-state index in [1.807, 2.05) is 17.0 Å². The molecular formula is C14H21N3O. The van der Waals surface area contributed by atoms with E-state index in [9.17, 15) is 4.79 Å². The number of nitrogens with zero attached hydrogens (tertiary/aromatic N) is 2. The van der Waals surface area contributed by atoms with Gasteiger partial charge in [0.25, 0.3) is 5.91 Å². The fourth-order valence-corrected chi connectivity index (χ4v) is 2.25. The van der Waals surface area contributed by atoms with Crippen LogP contribution < -0.4 is 5.73 Å². The maximum absolute atomic E-state index is 12.3. The molecule has 1 aromatic rings. The van der Waals surface area contributed by atoms with Gasteiger partial charge >= 0.3 is 0 Å². The lowest BCUT2D eigenvalue weighted by atomic mass is 10.1. The third-order valence-electron chi connectivity index (χ3n) is 3.37. The van der Waals surface area contributed by atoms with E-state index < -0.39 is 0 Å². The van der Waals surface area contributed by atoms with Crippen LogP contribution in [0, 0.1) is 0 Å². The number of hydrogen-bond acceptors (Lipinski definition) is 3. The number of hydrogen-bond donors (Lipinski definition) is 1. The zero-order valence-electron chi connectivity index (χ0n) is 11.1. The molecule has 4 heteroatoms. The Morgan fingerprint density at radius 2 is 2.28 bits per heavy atom. The third-order valence-corrected chi connectivity index (χ3v) is 3.37. The van der Waals surface area contributed by atoms with Gasteiger partial charge in [-0.15, -0.1) is 0 Å². The SMILES string of the molecule is CC(C)c1ccc(C(=O)N2CCCC(N)C2)cn1. The summed E-state index contributed by atoms with van der Waals surface area (Å²) in [6.07, 6.45) is 3.68. The predicted molar refractivity (Wildman–Crippen MR) is 71.4 cm³/mol. The van der Waals surface area contributed by atoms with E-state index in [1.165, 1.54) is 0 Å². The monoisotopic (exact) mass is 247 g/mol. The number of carbonyl (C=O) groups is 1. The standard InChI is InChI=1S/C14H21N3O/c1-10(2)13-6-5-11(8-16-13)14(18)17-7-3-4-12(15)9-17/h5-6,8,10,12H,3-4,7,9,15H2,1-2H3. The highest BCUT2D eigenvalue weighted by Gasteiger charge is 2.22. The summed E-state index contributed by atoms with van der Waals surface area (Å²) in [5, 5.41) is 0. The van der Waals surface area contributed by atoms with Gasteiger partial charge in [-0.2, -0.15) is 0 Å². The molecule has 1 unspecified atom stereocenters. The number of likely N-dealkylation sites (tertiary alicyclic amines) is 1. The van der Waals surface area contributed by atoms with Crippen LogP contribution >= 0.6 is 0 Å². The molecule has 4 nitrogen and oxygen atoms in total. The van der Waals surface area contributed by atoms with Crippen LogP contribution in [0.2, 0.25) is 0 Å². The minimum atomic E-state index is 0.0490. The Morgan fingerprint density at radius 3 is 2.83 bits per heavy atom. The smallest absolute Gasteiger partial charge is 0.255 e. The van der Waals surface area contributed by atoms with Gasteiger partial charge in [0.05, 0.1) is 5.56 Å². The summed E-state index contributed by atoms with van der Waals surface area (Å²) in [4.78, 5) is 18.4. The van der Waals surface area contributed by atoms with Crippen molar-refractivity contribution in [3.63, 3.8) is 0 Å². The second kappa shape index (κ2) is 5.48. The molecule has 1 aromatic heterocycles. The molecule has 1 amide bonds. The van der Waals surface area contributed by atoms with E-state index in [0.29, 0.717) is 18.0 Å². The minimum absolute atomic E-state index is 0.0490. The number of nitrogens with two attached hydrogens (primary N) is 1. The van der Waals surface area contributed by atoms with Gasteiger partial charge < -0.3 is 10.6 Å². The molecule has 0 radical (unpaired) electrons. The number of carbonyl (C=O) groups excluding carboxylic acids is 1. The first-order valence-corrected chi connectivity index (χ1v) is 6.58. The Balaban J connectivity index is 2.08. The van der Waals surface area contributed by atoms with Gasteiger partial charge in [0.2, 0.25) is 0 Å². The van der Waals surface area contributed by atoms with Crippen molar-refractivity contribution < 1.29 is 4.79 Å². The zero-order valence-corrected chi connectivity index (χ0v) is 11.1. The van der Waals surface area contributed by atoms with Crippen molar-refractivity contribution in [2.75, 3.05) is 13.1 Å². The van der Waals surface area contributed by atoms with Gasteiger partial charge in [-0.1, -0.05) is 13.8 Å². The fourth-order valence-electron chi connectivity index (χ4n) is 2.25. The molecule has 2 N–H and O–H groups in total. The van der Waals surface area contributed by atoms with Crippen LogP contribution in [0.5, 0.6) is 0 Å². The summed E-state index contributed by atoms with van der Waals surface area (Å²) in [5.41, 5.74) is 7.57. The van der Waals surface area contributed by atoms with Crippen molar-refractivity contribution in [3.8, 4) is 0 Å². The molecular weight excluding hydrogens is 226 g/mol. The number of rotatable bonds is 2. The van der Waals surface area contributed by atoms with Crippen molar-refractivity contribution in [3.05, 3.63) is 29.6 Å². The van der Waals surface area contributed by atoms with E-state index in [4.69, 9.17) is 5.73 Å². The molecule has 0 bridgehead atoms. The molecule has 0 spiro atoms. The second-order valence-electron chi connectivity index (χ2n) is 5.28. The Morgan fingerprint density at radius 1 is 1.50 bits per heavy atom. The Hall–Kier alpha value is -1.42. The largest absolute Gasteiger partial charge is 0.337 e. The lowest BCUT2D eigenvalue weighted by molar-refractivity contribution is 0.0708. The summed E-state index contributed by atoms with van der Waals surface area (Å²) < 4.78 is 0. The number of aromatic nitrogens is 1. The quantitative estimate of drug-likeness (QED) is 0.866. The van der Waals surface area contributed by atoms with Crippen molar-refractivity contribution in [2.24, 2.45) is 5.73 Å². The molecule has 18 heavy (non-hydrogen) atoms. The van der Waals surface area contributed by atoms with Crippen LogP contribution in [-0.4, -0.2) is 34.9 Å². The normalized spacial score (nSPS) is 20.2. The molecule has 0 aromatic carbocycles. The van der Waals surface area contributed by atoms with Crippen LogP contribution in [0.15, 0.2) is 18.3 Å². The molecule has 0 aliphatic carbocycles. The molecule has 2 rings (SSSR count). The van der Waals surface area contributed by atoms with E-state index in [0.717, 1.165) is 25.1 Å². The third kappa shape index (κ3) is 2.88. The average Bonchev–Trinajstić information content (AvgIpc) is 2.38. The van der Waals surface area contributed by atoms with Crippen molar-refractivity contribution in [1.29, 1.82) is 0 Å². The van der Waals surface area contributed by atoms with E-state index in [-0.39, 0.29) is 11.9 Å². The maximum atomic E-state index is 12.3. The lowest BCUT2D eigenvalue weighted by Crippen LogP contribution is -2.45. The molecule has 1 fully saturated rings. The fraction of sp³-hybridized carbons (Fsp3) is 0.571. The second-order valence-corrected chi connectivity index (χ2v) is 5.28. The molecule has 1 atom stereocenters. The van der Waals surface area contributed by atoms with Crippen LogP contribution in [0.4, 0.5) is 0 Å². The number of pyridine rings is 1. The summed E-state index contributed by atoms with van der Waals surface area (Å²) in [7, 11) is 0. The first kappa shape index (κ1) is 13.0. The summed E-state index contributed by atoms with van der Waals surface area (Å²) in [6, 6.07) is 3.91. The maximum Gasteiger partial charge on any atom is 0.255 e. The van der Waals surface area contributed by atoms with Crippen LogP contribution in [0.3, 0.4) is 0 Å². The van der Waals surface area contributed by atoms with Gasteiger partial charge in [-0.25, -0.2) is 0 Å². The Kier molecular flexibility index (Phi) is 3.97. The molecule has 0 saturated carbocycles. The van der Waals surface area contributed by atoms with E-state index in [1.54, 1.807) is 6.20 Å². The summed E-state index contributed by atoms with van der Waals surface area (Å²) in [5.74, 6) is 0.436. The molecule has 1 saturated heterocycles. The molecule has 2 heterocycles. The van der Waals surface area contributed by atoms with Gasteiger partial charge in [-0.3, -0.25) is 9.78 Å². The topological polar surface area (TPSA) is 59.2 Å². The number of amides is 1. The van der Waals surface area contributed by atoms with Gasteiger partial charge in [-0.05, 0) is 30.9 Å². The van der Waals surface area contributed by atoms with Crippen molar-refractivity contribution in [1.82, 2.24) is 9.88 Å². The Labute approximate surface area is 108 Å². The van der Waals surface area contributed by atoms with Gasteiger partial charge in [0.15, 0.2) is 0 Å². The highest BCUT2D eigenvalue weighted by atomic mass is 16.2. The van der Waals surface area contributed by atoms with Crippen LogP contribution in [-0.2, 0) is 0 Å². The molecule has 98 valence electrons. The summed E-state index contributed by atoms with van der Waals surface area (Å²) in [6.45, 7) is 5.64. The highest BCUT2D eigenvalue weighted by molar-refractivity contribution is 5.94. The average molecular weight is 247 g/mol. The molecule has 1 aliphatic rings.